The first-order valence-corrected chi connectivity index (χ1v) is 7.07. The monoisotopic (exact) mass is 384 g/mol. The van der Waals surface area contributed by atoms with E-state index < -0.39 is 0 Å². The maximum atomic E-state index is 11.9. The molecule has 1 unspecified atom stereocenters. The third-order valence-electron chi connectivity index (χ3n) is 2.41. The molecule has 3 nitrogen and oxygen atoms in total. The number of aromatic nitrogens is 2. The molecule has 0 aliphatic carbocycles. The number of rotatable bonds is 4. The molecule has 84 valence electrons. The fourth-order valence-electron chi connectivity index (χ4n) is 1.24. The minimum Gasteiger partial charge on any atom is -0.298 e. The number of hydrogen-bond donors (Lipinski definition) is 0. The third-order valence-corrected chi connectivity index (χ3v) is 4.57. The van der Waals surface area contributed by atoms with Gasteiger partial charge in [-0.1, -0.05) is 29.3 Å². The van der Waals surface area contributed by atoms with E-state index >= 15 is 0 Å². The van der Waals surface area contributed by atoms with Gasteiger partial charge in [0.1, 0.15) is 0 Å². The third kappa shape index (κ3) is 3.27. The lowest BCUT2D eigenvalue weighted by Gasteiger charge is -2.13. The fourth-order valence-corrected chi connectivity index (χ4v) is 2.35. The van der Waals surface area contributed by atoms with E-state index in [1.807, 2.05) is 6.92 Å². The number of halogens is 2. The maximum absolute atomic E-state index is 11.9. The molecule has 0 saturated heterocycles. The fraction of sp³-hybridized carbons (Fsp3) is 0.600. The first-order valence-electron chi connectivity index (χ1n) is 4.87. The van der Waals surface area contributed by atoms with Crippen molar-refractivity contribution in [3.05, 3.63) is 25.9 Å². The van der Waals surface area contributed by atoms with E-state index in [1.54, 1.807) is 10.9 Å². The second-order valence-corrected chi connectivity index (χ2v) is 5.26. The molecule has 0 spiro atoms. The number of aryl methyl sites for hydroxylation is 1. The summed E-state index contributed by atoms with van der Waals surface area (Å²) in [6.07, 6.45) is 2.70. The molecule has 1 atom stereocenters. The van der Waals surface area contributed by atoms with Gasteiger partial charge < -0.3 is 0 Å². The van der Waals surface area contributed by atoms with Crippen molar-refractivity contribution < 1.29 is 0 Å². The second kappa shape index (κ2) is 5.98. The highest BCUT2D eigenvalue weighted by Crippen LogP contribution is 2.09. The molecule has 0 bridgehead atoms. The van der Waals surface area contributed by atoms with Crippen molar-refractivity contribution in [1.82, 2.24) is 9.55 Å². The molecule has 0 saturated carbocycles. The van der Waals surface area contributed by atoms with Gasteiger partial charge >= 0.3 is 0 Å². The van der Waals surface area contributed by atoms with Gasteiger partial charge in [-0.05, 0) is 35.4 Å². The standard InChI is InChI=1S/C10H14BrIN2O/c1-3-8(4-11)5-14-6-13-7(2)9(12)10(14)15/h6,8H,3-5H2,1-2H3. The largest absolute Gasteiger partial charge is 0.298 e. The van der Waals surface area contributed by atoms with Crippen LogP contribution in [0, 0.1) is 16.4 Å². The van der Waals surface area contributed by atoms with Gasteiger partial charge in [-0.25, -0.2) is 4.98 Å². The summed E-state index contributed by atoms with van der Waals surface area (Å²) in [4.78, 5) is 16.1. The molecule has 0 aliphatic heterocycles. The molecule has 0 amide bonds. The molecule has 0 N–H and O–H groups in total. The average molecular weight is 385 g/mol. The van der Waals surface area contributed by atoms with Crippen LogP contribution in [0.5, 0.6) is 0 Å². The van der Waals surface area contributed by atoms with Gasteiger partial charge in [0, 0.05) is 11.9 Å². The Kier molecular flexibility index (Phi) is 5.25. The van der Waals surface area contributed by atoms with Crippen molar-refractivity contribution in [2.24, 2.45) is 5.92 Å². The summed E-state index contributed by atoms with van der Waals surface area (Å²) in [7, 11) is 0. The minimum atomic E-state index is 0.0718. The first-order chi connectivity index (χ1) is 7.10. The Balaban J connectivity index is 2.96. The Morgan fingerprint density at radius 2 is 2.33 bits per heavy atom. The quantitative estimate of drug-likeness (QED) is 0.590. The normalized spacial score (nSPS) is 12.8. The van der Waals surface area contributed by atoms with Crippen LogP contribution in [0.2, 0.25) is 0 Å². The first kappa shape index (κ1) is 13.2. The van der Waals surface area contributed by atoms with Crippen LogP contribution in [0.25, 0.3) is 0 Å². The molecule has 0 aliphatic rings. The van der Waals surface area contributed by atoms with Crippen molar-refractivity contribution in [1.29, 1.82) is 0 Å². The zero-order valence-electron chi connectivity index (χ0n) is 8.83. The molecule has 5 heteroatoms. The molecule has 1 aromatic heterocycles. The van der Waals surface area contributed by atoms with E-state index in [0.717, 1.165) is 27.6 Å². The number of hydrogen-bond acceptors (Lipinski definition) is 2. The van der Waals surface area contributed by atoms with E-state index in [-0.39, 0.29) is 5.56 Å². The van der Waals surface area contributed by atoms with Crippen LogP contribution in [0.4, 0.5) is 0 Å². The van der Waals surface area contributed by atoms with Crippen LogP contribution in [0.1, 0.15) is 19.0 Å². The van der Waals surface area contributed by atoms with Crippen molar-refractivity contribution in [3.63, 3.8) is 0 Å². The summed E-state index contributed by atoms with van der Waals surface area (Å²) in [6.45, 7) is 4.72. The Morgan fingerprint density at radius 3 is 2.87 bits per heavy atom. The van der Waals surface area contributed by atoms with Crippen LogP contribution >= 0.6 is 38.5 Å². The highest BCUT2D eigenvalue weighted by molar-refractivity contribution is 14.1. The van der Waals surface area contributed by atoms with Crippen molar-refractivity contribution in [2.75, 3.05) is 5.33 Å². The highest BCUT2D eigenvalue weighted by atomic mass is 127. The highest BCUT2D eigenvalue weighted by Gasteiger charge is 2.09. The molecular weight excluding hydrogens is 371 g/mol. The summed E-state index contributed by atoms with van der Waals surface area (Å²) in [6, 6.07) is 0. The van der Waals surface area contributed by atoms with Gasteiger partial charge in [-0.15, -0.1) is 0 Å². The Hall–Kier alpha value is 0.0900. The predicted octanol–water partition coefficient (Wildman–Crippen LogP) is 2.58. The van der Waals surface area contributed by atoms with Crippen molar-refractivity contribution in [2.45, 2.75) is 26.8 Å². The van der Waals surface area contributed by atoms with Gasteiger partial charge in [0.2, 0.25) is 0 Å². The van der Waals surface area contributed by atoms with Crippen LogP contribution < -0.4 is 5.56 Å². The molecular formula is C10H14BrIN2O. The van der Waals surface area contributed by atoms with E-state index in [4.69, 9.17) is 0 Å². The summed E-state index contributed by atoms with van der Waals surface area (Å²) in [5, 5.41) is 0.917. The Bertz CT molecular complexity index is 387. The SMILES string of the molecule is CCC(CBr)Cn1cnc(C)c(I)c1=O. The topological polar surface area (TPSA) is 34.9 Å². The predicted molar refractivity (Wildman–Crippen MR) is 73.5 cm³/mol. The lowest BCUT2D eigenvalue weighted by molar-refractivity contribution is 0.463. The Morgan fingerprint density at radius 1 is 1.67 bits per heavy atom. The van der Waals surface area contributed by atoms with Crippen LogP contribution in [0.3, 0.4) is 0 Å². The molecule has 15 heavy (non-hydrogen) atoms. The van der Waals surface area contributed by atoms with Crippen LogP contribution in [-0.4, -0.2) is 14.9 Å². The smallest absolute Gasteiger partial charge is 0.267 e. The van der Waals surface area contributed by atoms with Crippen LogP contribution in [0.15, 0.2) is 11.1 Å². The molecule has 1 heterocycles. The lowest BCUT2D eigenvalue weighted by Crippen LogP contribution is -2.27. The van der Waals surface area contributed by atoms with E-state index in [9.17, 15) is 4.79 Å². The Labute approximate surface area is 112 Å². The van der Waals surface area contributed by atoms with Crippen molar-refractivity contribution in [3.8, 4) is 0 Å². The van der Waals surface area contributed by atoms with Gasteiger partial charge in [0.15, 0.2) is 0 Å². The summed E-state index contributed by atoms with van der Waals surface area (Å²) in [5.74, 6) is 0.489. The molecule has 0 fully saturated rings. The van der Waals surface area contributed by atoms with E-state index in [0.29, 0.717) is 5.92 Å². The van der Waals surface area contributed by atoms with Crippen LogP contribution in [-0.2, 0) is 6.54 Å². The summed E-state index contributed by atoms with van der Waals surface area (Å²) in [5.41, 5.74) is 0.881. The molecule has 1 rings (SSSR count). The average Bonchev–Trinajstić information content (AvgIpc) is 2.25. The van der Waals surface area contributed by atoms with Gasteiger partial charge in [-0.3, -0.25) is 9.36 Å². The van der Waals surface area contributed by atoms with Gasteiger partial charge in [0.25, 0.3) is 5.56 Å². The summed E-state index contributed by atoms with van der Waals surface area (Å²) < 4.78 is 2.42. The van der Waals surface area contributed by atoms with Crippen molar-refractivity contribution >= 4 is 38.5 Å². The number of alkyl halides is 1. The lowest BCUT2D eigenvalue weighted by atomic mass is 10.1. The number of nitrogens with zero attached hydrogens (tertiary/aromatic N) is 2. The van der Waals surface area contributed by atoms with E-state index in [1.165, 1.54) is 0 Å². The van der Waals surface area contributed by atoms with E-state index in [2.05, 4.69) is 50.4 Å². The zero-order chi connectivity index (χ0) is 11.4. The van der Waals surface area contributed by atoms with Gasteiger partial charge in [0.05, 0.1) is 15.6 Å². The minimum absolute atomic E-state index is 0.0718. The maximum Gasteiger partial charge on any atom is 0.267 e. The molecule has 0 aromatic carbocycles. The molecule has 1 aromatic rings. The second-order valence-electron chi connectivity index (χ2n) is 3.53. The van der Waals surface area contributed by atoms with Gasteiger partial charge in [-0.2, -0.15) is 0 Å². The summed E-state index contributed by atoms with van der Waals surface area (Å²) >= 11 is 5.51. The molecule has 0 radical (unpaired) electrons. The zero-order valence-corrected chi connectivity index (χ0v) is 12.6.